The Kier molecular flexibility index (Phi) is 10.5. The average molecular weight is 551 g/mol. The first kappa shape index (κ1) is 26.3. The van der Waals surface area contributed by atoms with Crippen LogP contribution in [0.25, 0.3) is 0 Å². The largest absolute Gasteiger partial charge is 0.404 e. The molecule has 0 fully saturated rings. The second-order valence-corrected chi connectivity index (χ2v) is 14.8. The minimum Gasteiger partial charge on any atom is -0.404 e. The molecule has 2 nitrogen and oxygen atoms in total. The molecule has 2 rings (SSSR count). The van der Waals surface area contributed by atoms with Gasteiger partial charge in [0.2, 0.25) is 0 Å². The van der Waals surface area contributed by atoms with Gasteiger partial charge in [0.25, 0.3) is 8.32 Å². The number of aliphatic hydroxyl groups excluding tert-OH is 1. The van der Waals surface area contributed by atoms with Crippen LogP contribution in [0.4, 0.5) is 0 Å². The highest BCUT2D eigenvalue weighted by molar-refractivity contribution is 14.1. The third-order valence-electron chi connectivity index (χ3n) is 6.04. The van der Waals surface area contributed by atoms with Crippen LogP contribution in [-0.4, -0.2) is 30.1 Å². The fourth-order valence-electron chi connectivity index (χ4n) is 4.08. The lowest BCUT2D eigenvalue weighted by Gasteiger charge is -2.45. The van der Waals surface area contributed by atoms with Gasteiger partial charge in [-0.25, -0.2) is 0 Å². The first-order chi connectivity index (χ1) is 14.7. The summed E-state index contributed by atoms with van der Waals surface area (Å²) in [6, 6.07) is 21.6. The van der Waals surface area contributed by atoms with E-state index in [-0.39, 0.29) is 23.2 Å². The molecule has 0 saturated heterocycles. The van der Waals surface area contributed by atoms with Gasteiger partial charge >= 0.3 is 0 Å². The lowest BCUT2D eigenvalue weighted by Crippen LogP contribution is -2.67. The third kappa shape index (κ3) is 7.01. The summed E-state index contributed by atoms with van der Waals surface area (Å²) in [5.74, 6) is 0.209. The summed E-state index contributed by atoms with van der Waals surface area (Å²) in [6.07, 6.45) is 6.82. The monoisotopic (exact) mass is 550 g/mol. The van der Waals surface area contributed by atoms with Gasteiger partial charge in [0.1, 0.15) is 0 Å². The highest BCUT2D eigenvalue weighted by Gasteiger charge is 2.51. The first-order valence-corrected chi connectivity index (χ1v) is 14.9. The molecule has 0 heterocycles. The number of halogens is 1. The number of hydrogen-bond donors (Lipinski definition) is 1. The molecule has 0 aliphatic heterocycles. The lowest BCUT2D eigenvalue weighted by molar-refractivity contribution is 0.168. The zero-order chi connectivity index (χ0) is 22.9. The number of rotatable bonds is 11. The van der Waals surface area contributed by atoms with E-state index in [1.165, 1.54) is 10.4 Å². The van der Waals surface area contributed by atoms with Crippen LogP contribution in [0.15, 0.2) is 72.8 Å². The van der Waals surface area contributed by atoms with Crippen LogP contribution in [0.5, 0.6) is 0 Å². The Labute approximate surface area is 204 Å². The molecule has 3 atom stereocenters. The van der Waals surface area contributed by atoms with Crippen LogP contribution in [0.2, 0.25) is 5.04 Å². The van der Waals surface area contributed by atoms with Crippen molar-refractivity contribution in [3.05, 3.63) is 72.8 Å². The van der Waals surface area contributed by atoms with E-state index in [4.69, 9.17) is 4.43 Å². The summed E-state index contributed by atoms with van der Waals surface area (Å²) < 4.78 is 8.32. The Hall–Kier alpha value is -0.953. The summed E-state index contributed by atoms with van der Waals surface area (Å²) in [5, 5.41) is 12.9. The second kappa shape index (κ2) is 12.3. The van der Waals surface area contributed by atoms with E-state index in [1.807, 2.05) is 6.08 Å². The predicted molar refractivity (Wildman–Crippen MR) is 145 cm³/mol. The third-order valence-corrected chi connectivity index (χ3v) is 11.9. The van der Waals surface area contributed by atoms with Gasteiger partial charge in [-0.15, -0.1) is 0 Å². The van der Waals surface area contributed by atoms with Gasteiger partial charge in [0.15, 0.2) is 0 Å². The molecule has 0 bridgehead atoms. The summed E-state index contributed by atoms with van der Waals surface area (Å²) >= 11 is 2.39. The second-order valence-electron chi connectivity index (χ2n) is 9.48. The number of hydrogen-bond acceptors (Lipinski definition) is 2. The van der Waals surface area contributed by atoms with Crippen LogP contribution in [0, 0.1) is 5.92 Å². The van der Waals surface area contributed by atoms with Crippen molar-refractivity contribution < 1.29 is 9.53 Å². The molecule has 2 aromatic rings. The van der Waals surface area contributed by atoms with E-state index in [0.717, 1.165) is 23.7 Å². The number of aliphatic hydroxyl groups is 1. The fourth-order valence-corrected chi connectivity index (χ4v) is 9.41. The van der Waals surface area contributed by atoms with Crippen LogP contribution < -0.4 is 10.4 Å². The average Bonchev–Trinajstić information content (AvgIpc) is 2.76. The van der Waals surface area contributed by atoms with Gasteiger partial charge in [0, 0.05) is 6.10 Å². The van der Waals surface area contributed by atoms with E-state index in [0.29, 0.717) is 0 Å². The molecule has 0 aliphatic rings. The molecule has 1 unspecified atom stereocenters. The lowest BCUT2D eigenvalue weighted by atomic mass is 10.0. The Bertz CT molecular complexity index is 746. The molecule has 0 amide bonds. The van der Waals surface area contributed by atoms with Crippen molar-refractivity contribution in [2.45, 2.75) is 71.1 Å². The van der Waals surface area contributed by atoms with Crippen molar-refractivity contribution in [1.29, 1.82) is 0 Å². The van der Waals surface area contributed by atoms with Crippen LogP contribution in [0.1, 0.15) is 53.9 Å². The Morgan fingerprint density at radius 2 is 1.42 bits per heavy atom. The minimum atomic E-state index is -2.55. The molecule has 0 aromatic heterocycles. The summed E-state index contributed by atoms with van der Waals surface area (Å²) in [4.78, 5) is 0. The zero-order valence-corrected chi connectivity index (χ0v) is 22.9. The molecule has 4 heteroatoms. The van der Waals surface area contributed by atoms with E-state index in [2.05, 4.69) is 124 Å². The standard InChI is InChI=1S/C27H39IO2Si/c1-22(19-20-24(29)14-12-13-21-28)23(2)30-31(27(3,4)5,25-15-8-6-9-16-25)26-17-10-7-11-18-26/h6-11,15-20,22-24,29H,12-14,21H2,1-5H3/b20-19-/t22-,23+,24?/m1/s1. The molecule has 1 N–H and O–H groups in total. The van der Waals surface area contributed by atoms with Gasteiger partial charge < -0.3 is 9.53 Å². The highest BCUT2D eigenvalue weighted by atomic mass is 127. The summed E-state index contributed by atoms with van der Waals surface area (Å²) in [7, 11) is -2.55. The van der Waals surface area contributed by atoms with Crippen molar-refractivity contribution in [2.24, 2.45) is 5.92 Å². The molecule has 0 aliphatic carbocycles. The van der Waals surface area contributed by atoms with Crippen molar-refractivity contribution in [2.75, 3.05) is 4.43 Å². The van der Waals surface area contributed by atoms with Crippen molar-refractivity contribution >= 4 is 41.3 Å². The van der Waals surface area contributed by atoms with Crippen molar-refractivity contribution in [3.63, 3.8) is 0 Å². The molecular weight excluding hydrogens is 511 g/mol. The number of unbranched alkanes of at least 4 members (excludes halogenated alkanes) is 1. The van der Waals surface area contributed by atoms with E-state index in [1.54, 1.807) is 0 Å². The smallest absolute Gasteiger partial charge is 0.261 e. The summed E-state index contributed by atoms with van der Waals surface area (Å²) in [6.45, 7) is 11.3. The molecule has 0 spiro atoms. The minimum absolute atomic E-state index is 0.0316. The SMILES string of the molecule is C[C@H](/C=C\C(O)CCCCI)[C@H](C)O[Si](c1ccccc1)(c1ccccc1)C(C)(C)C. The van der Waals surface area contributed by atoms with Crippen molar-refractivity contribution in [1.82, 2.24) is 0 Å². The predicted octanol–water partition coefficient (Wildman–Crippen LogP) is 6.11. The maximum Gasteiger partial charge on any atom is 0.261 e. The van der Waals surface area contributed by atoms with Gasteiger partial charge in [-0.3, -0.25) is 0 Å². The van der Waals surface area contributed by atoms with Gasteiger partial charge in [-0.1, -0.05) is 123 Å². The molecule has 2 aromatic carbocycles. The molecule has 0 radical (unpaired) electrons. The van der Waals surface area contributed by atoms with Gasteiger partial charge in [0.05, 0.1) is 6.10 Å². The normalized spacial score (nSPS) is 15.7. The zero-order valence-electron chi connectivity index (χ0n) is 19.7. The maximum absolute atomic E-state index is 10.3. The molecule has 170 valence electrons. The van der Waals surface area contributed by atoms with Gasteiger partial charge in [-0.2, -0.15) is 0 Å². The quantitative estimate of drug-likeness (QED) is 0.120. The Balaban J connectivity index is 2.33. The molecule has 0 saturated carbocycles. The Morgan fingerprint density at radius 3 is 1.87 bits per heavy atom. The van der Waals surface area contributed by atoms with Crippen LogP contribution >= 0.6 is 22.6 Å². The number of alkyl halides is 1. The molecule has 31 heavy (non-hydrogen) atoms. The van der Waals surface area contributed by atoms with E-state index in [9.17, 15) is 5.11 Å². The van der Waals surface area contributed by atoms with Crippen LogP contribution in [-0.2, 0) is 4.43 Å². The summed E-state index contributed by atoms with van der Waals surface area (Å²) in [5.41, 5.74) is 0. The van der Waals surface area contributed by atoms with Crippen molar-refractivity contribution in [3.8, 4) is 0 Å². The van der Waals surface area contributed by atoms with E-state index < -0.39 is 8.32 Å². The van der Waals surface area contributed by atoms with Crippen LogP contribution in [0.3, 0.4) is 0 Å². The number of benzene rings is 2. The first-order valence-electron chi connectivity index (χ1n) is 11.4. The van der Waals surface area contributed by atoms with E-state index >= 15 is 0 Å². The van der Waals surface area contributed by atoms with Gasteiger partial charge in [-0.05, 0) is 51.9 Å². The fraction of sp³-hybridized carbons (Fsp3) is 0.481. The highest BCUT2D eigenvalue weighted by Crippen LogP contribution is 2.38. The Morgan fingerprint density at radius 1 is 0.903 bits per heavy atom. The molecular formula is C27H39IO2Si. The topological polar surface area (TPSA) is 29.5 Å². The maximum atomic E-state index is 10.3.